The van der Waals surface area contributed by atoms with Crippen LogP contribution in [0.4, 0.5) is 15.8 Å². The highest BCUT2D eigenvalue weighted by molar-refractivity contribution is 6.31. The van der Waals surface area contributed by atoms with Crippen LogP contribution in [0.1, 0.15) is 10.4 Å². The summed E-state index contributed by atoms with van der Waals surface area (Å²) in [5.74, 6) is -1.56. The highest BCUT2D eigenvalue weighted by Crippen LogP contribution is 2.24. The van der Waals surface area contributed by atoms with Crippen LogP contribution >= 0.6 is 11.6 Å². The molecule has 0 bridgehead atoms. The molecule has 0 heterocycles. The number of hydrogen-bond acceptors (Lipinski definition) is 3. The van der Waals surface area contributed by atoms with Gasteiger partial charge in [0.2, 0.25) is 0 Å². The van der Waals surface area contributed by atoms with Gasteiger partial charge in [0.15, 0.2) is 0 Å². The molecule has 2 rings (SSSR count). The van der Waals surface area contributed by atoms with Crippen LogP contribution in [-0.2, 0) is 0 Å². The van der Waals surface area contributed by atoms with E-state index in [1.807, 2.05) is 0 Å². The molecule has 4 nitrogen and oxygen atoms in total. The molecule has 6 heteroatoms. The predicted molar refractivity (Wildman–Crippen MR) is 71.9 cm³/mol. The summed E-state index contributed by atoms with van der Waals surface area (Å²) in [4.78, 5) is 11.9. The van der Waals surface area contributed by atoms with Gasteiger partial charge in [-0.1, -0.05) is 11.6 Å². The average molecular weight is 281 g/mol. The quantitative estimate of drug-likeness (QED) is 0.740. The number of phenols is 1. The highest BCUT2D eigenvalue weighted by atomic mass is 35.5. The normalized spacial score (nSPS) is 10.2. The Kier molecular flexibility index (Phi) is 3.57. The Hall–Kier alpha value is -2.27. The van der Waals surface area contributed by atoms with E-state index in [2.05, 4.69) is 5.32 Å². The zero-order valence-electron chi connectivity index (χ0n) is 9.65. The van der Waals surface area contributed by atoms with Crippen LogP contribution in [0.15, 0.2) is 36.4 Å². The second kappa shape index (κ2) is 5.16. The number of rotatable bonds is 2. The minimum absolute atomic E-state index is 0.0291. The van der Waals surface area contributed by atoms with Crippen LogP contribution in [0.2, 0.25) is 5.02 Å². The second-order valence-corrected chi connectivity index (χ2v) is 4.29. The summed E-state index contributed by atoms with van der Waals surface area (Å²) < 4.78 is 13.5. The zero-order valence-corrected chi connectivity index (χ0v) is 10.4. The maximum atomic E-state index is 13.5. The molecule has 0 aliphatic rings. The molecule has 19 heavy (non-hydrogen) atoms. The number of phenolic OH excluding ortho intramolecular Hbond substituents is 1. The lowest BCUT2D eigenvalue weighted by Gasteiger charge is -2.08. The Morgan fingerprint density at radius 2 is 2.00 bits per heavy atom. The standard InChI is InChI=1S/C13H10ClFN2O2/c14-7-1-4-12(18)9(5-7)13(19)17-11-3-2-8(16)6-10(11)15/h1-6,18H,16H2,(H,17,19). The van der Waals surface area contributed by atoms with Crippen molar-refractivity contribution < 1.29 is 14.3 Å². The van der Waals surface area contributed by atoms with Gasteiger partial charge in [-0.3, -0.25) is 4.79 Å². The lowest BCUT2D eigenvalue weighted by Crippen LogP contribution is -2.13. The molecule has 98 valence electrons. The van der Waals surface area contributed by atoms with Crippen molar-refractivity contribution in [3.63, 3.8) is 0 Å². The Bertz CT molecular complexity index is 647. The summed E-state index contributed by atoms with van der Waals surface area (Å²) in [6.07, 6.45) is 0. The summed E-state index contributed by atoms with van der Waals surface area (Å²) >= 11 is 5.73. The molecule has 2 aromatic carbocycles. The third-order valence-corrected chi connectivity index (χ3v) is 2.68. The first-order valence-electron chi connectivity index (χ1n) is 5.32. The van der Waals surface area contributed by atoms with E-state index in [0.29, 0.717) is 5.02 Å². The van der Waals surface area contributed by atoms with Crippen LogP contribution in [0.5, 0.6) is 5.75 Å². The van der Waals surface area contributed by atoms with E-state index in [1.54, 1.807) is 0 Å². The lowest BCUT2D eigenvalue weighted by molar-refractivity contribution is 0.102. The summed E-state index contributed by atoms with van der Waals surface area (Å²) in [6, 6.07) is 7.91. The molecule has 0 atom stereocenters. The summed E-state index contributed by atoms with van der Waals surface area (Å²) in [5, 5.41) is 12.2. The monoisotopic (exact) mass is 280 g/mol. The first-order chi connectivity index (χ1) is 8.97. The number of halogens is 2. The maximum Gasteiger partial charge on any atom is 0.259 e. The van der Waals surface area contributed by atoms with Crippen molar-refractivity contribution in [3.05, 3.63) is 52.8 Å². The fraction of sp³-hybridized carbons (Fsp3) is 0. The number of nitrogens with one attached hydrogen (secondary N) is 1. The van der Waals surface area contributed by atoms with Crippen LogP contribution in [-0.4, -0.2) is 11.0 Å². The van der Waals surface area contributed by atoms with Gasteiger partial charge < -0.3 is 16.2 Å². The van der Waals surface area contributed by atoms with Crippen molar-refractivity contribution in [3.8, 4) is 5.75 Å². The summed E-state index contributed by atoms with van der Waals surface area (Å²) in [6.45, 7) is 0. The Morgan fingerprint density at radius 1 is 1.26 bits per heavy atom. The van der Waals surface area contributed by atoms with Gasteiger partial charge in [-0.15, -0.1) is 0 Å². The van der Waals surface area contributed by atoms with Crippen molar-refractivity contribution >= 4 is 28.9 Å². The van der Waals surface area contributed by atoms with Crippen molar-refractivity contribution in [2.24, 2.45) is 0 Å². The topological polar surface area (TPSA) is 75.3 Å². The summed E-state index contributed by atoms with van der Waals surface area (Å²) in [5.41, 5.74) is 5.59. The number of nitrogens with two attached hydrogens (primary N) is 1. The minimum Gasteiger partial charge on any atom is -0.507 e. The van der Waals surface area contributed by atoms with Gasteiger partial charge >= 0.3 is 0 Å². The molecular weight excluding hydrogens is 271 g/mol. The fourth-order valence-corrected chi connectivity index (χ4v) is 1.68. The van der Waals surface area contributed by atoms with E-state index in [0.717, 1.165) is 6.07 Å². The Balaban J connectivity index is 2.28. The van der Waals surface area contributed by atoms with Crippen LogP contribution in [0.25, 0.3) is 0 Å². The molecule has 0 unspecified atom stereocenters. The number of carbonyl (C=O) groups is 1. The van der Waals surface area contributed by atoms with Crippen molar-refractivity contribution in [1.29, 1.82) is 0 Å². The van der Waals surface area contributed by atoms with Crippen molar-refractivity contribution in [2.45, 2.75) is 0 Å². The van der Waals surface area contributed by atoms with Gasteiger partial charge in [0.05, 0.1) is 11.3 Å². The molecule has 0 spiro atoms. The molecule has 0 radical (unpaired) electrons. The van der Waals surface area contributed by atoms with Crippen LogP contribution < -0.4 is 11.1 Å². The molecule has 2 aromatic rings. The SMILES string of the molecule is Nc1ccc(NC(=O)c2cc(Cl)ccc2O)c(F)c1. The first-order valence-corrected chi connectivity index (χ1v) is 5.70. The van der Waals surface area contributed by atoms with Crippen molar-refractivity contribution in [1.82, 2.24) is 0 Å². The maximum absolute atomic E-state index is 13.5. The fourth-order valence-electron chi connectivity index (χ4n) is 1.51. The third kappa shape index (κ3) is 2.95. The minimum atomic E-state index is -0.663. The smallest absolute Gasteiger partial charge is 0.259 e. The largest absolute Gasteiger partial charge is 0.507 e. The van der Waals surface area contributed by atoms with Crippen molar-refractivity contribution in [2.75, 3.05) is 11.1 Å². The molecule has 0 saturated carbocycles. The molecule has 4 N–H and O–H groups in total. The number of hydrogen-bond donors (Lipinski definition) is 3. The first kappa shape index (κ1) is 13.2. The number of anilines is 2. The number of benzene rings is 2. The third-order valence-electron chi connectivity index (χ3n) is 2.44. The molecular formula is C13H10ClFN2O2. The van der Waals surface area contributed by atoms with E-state index in [9.17, 15) is 14.3 Å². The molecule has 0 aromatic heterocycles. The van der Waals surface area contributed by atoms with E-state index >= 15 is 0 Å². The van der Waals surface area contributed by atoms with Gasteiger partial charge in [-0.2, -0.15) is 0 Å². The zero-order chi connectivity index (χ0) is 14.0. The summed E-state index contributed by atoms with van der Waals surface area (Å²) in [7, 11) is 0. The number of amides is 1. The van der Waals surface area contributed by atoms with Gasteiger partial charge in [0.1, 0.15) is 11.6 Å². The molecule has 0 fully saturated rings. The van der Waals surface area contributed by atoms with Crippen LogP contribution in [0.3, 0.4) is 0 Å². The molecule has 0 saturated heterocycles. The number of aromatic hydroxyl groups is 1. The number of nitrogen functional groups attached to an aromatic ring is 1. The molecule has 1 amide bonds. The molecule has 0 aliphatic heterocycles. The van der Waals surface area contributed by atoms with Crippen LogP contribution in [0, 0.1) is 5.82 Å². The predicted octanol–water partition coefficient (Wildman–Crippen LogP) is 3.02. The van der Waals surface area contributed by atoms with E-state index in [-0.39, 0.29) is 22.7 Å². The molecule has 0 aliphatic carbocycles. The highest BCUT2D eigenvalue weighted by Gasteiger charge is 2.13. The Labute approximate surface area is 113 Å². The second-order valence-electron chi connectivity index (χ2n) is 3.85. The average Bonchev–Trinajstić information content (AvgIpc) is 2.35. The van der Waals surface area contributed by atoms with E-state index in [4.69, 9.17) is 17.3 Å². The Morgan fingerprint density at radius 3 is 2.68 bits per heavy atom. The van der Waals surface area contributed by atoms with E-state index < -0.39 is 11.7 Å². The van der Waals surface area contributed by atoms with Gasteiger partial charge in [0.25, 0.3) is 5.91 Å². The van der Waals surface area contributed by atoms with Gasteiger partial charge in [0, 0.05) is 10.7 Å². The lowest BCUT2D eigenvalue weighted by atomic mass is 10.2. The van der Waals surface area contributed by atoms with E-state index in [1.165, 1.54) is 30.3 Å². The van der Waals surface area contributed by atoms with Gasteiger partial charge in [-0.25, -0.2) is 4.39 Å². The van der Waals surface area contributed by atoms with Gasteiger partial charge in [-0.05, 0) is 36.4 Å². The number of carbonyl (C=O) groups excluding carboxylic acids is 1.